The summed E-state index contributed by atoms with van der Waals surface area (Å²) in [6, 6.07) is 14.4. The van der Waals surface area contributed by atoms with Crippen molar-refractivity contribution in [3.63, 3.8) is 0 Å². The Labute approximate surface area is 180 Å². The summed E-state index contributed by atoms with van der Waals surface area (Å²) in [6.45, 7) is 4.14. The number of rotatable bonds is 7. The number of ether oxygens (including phenoxy) is 1. The van der Waals surface area contributed by atoms with Crippen molar-refractivity contribution in [2.45, 2.75) is 31.3 Å². The molecule has 1 heterocycles. The zero-order valence-electron chi connectivity index (χ0n) is 17.2. The second-order valence-electron chi connectivity index (χ2n) is 9.36. The maximum Gasteiger partial charge on any atom is 0.573 e. The Kier molecular flexibility index (Phi) is 5.23. The van der Waals surface area contributed by atoms with Crippen LogP contribution in [-0.4, -0.2) is 48.1 Å². The molecule has 2 atom stereocenters. The number of alkyl halides is 3. The van der Waals surface area contributed by atoms with E-state index in [0.29, 0.717) is 24.3 Å². The molecule has 0 radical (unpaired) electrons. The second-order valence-corrected chi connectivity index (χ2v) is 9.36. The number of piperidine rings is 1. The molecule has 0 aromatic heterocycles. The lowest BCUT2D eigenvalue weighted by molar-refractivity contribution is -0.274. The van der Waals surface area contributed by atoms with Crippen LogP contribution < -0.4 is 10.1 Å². The smallest absolute Gasteiger partial charge is 0.406 e. The zero-order chi connectivity index (χ0) is 21.6. The van der Waals surface area contributed by atoms with Gasteiger partial charge in [0.1, 0.15) is 5.75 Å². The van der Waals surface area contributed by atoms with Gasteiger partial charge in [-0.25, -0.2) is 0 Å². The molecule has 7 heteroatoms. The highest BCUT2D eigenvalue weighted by Crippen LogP contribution is 2.51. The molecule has 31 heavy (non-hydrogen) atoms. The van der Waals surface area contributed by atoms with E-state index in [1.807, 2.05) is 12.1 Å². The lowest BCUT2D eigenvalue weighted by atomic mass is 9.99. The van der Waals surface area contributed by atoms with Crippen LogP contribution in [0.4, 0.5) is 13.2 Å². The molecule has 2 aromatic rings. The first-order valence-electron chi connectivity index (χ1n) is 10.8. The van der Waals surface area contributed by atoms with Gasteiger partial charge in [-0.05, 0) is 53.1 Å². The van der Waals surface area contributed by atoms with Crippen LogP contribution in [0.3, 0.4) is 0 Å². The summed E-state index contributed by atoms with van der Waals surface area (Å²) in [4.78, 5) is 2.40. The van der Waals surface area contributed by atoms with Crippen LogP contribution in [-0.2, 0) is 19.4 Å². The van der Waals surface area contributed by atoms with Crippen molar-refractivity contribution in [3.05, 3.63) is 65.2 Å². The van der Waals surface area contributed by atoms with Crippen molar-refractivity contribution in [1.29, 1.82) is 0 Å². The molecular formula is C24H27F3N2O2. The highest BCUT2D eigenvalue weighted by Gasteiger charge is 2.55. The third-order valence-electron chi connectivity index (χ3n) is 6.96. The molecule has 2 fully saturated rings. The van der Waals surface area contributed by atoms with E-state index in [1.165, 1.54) is 23.3 Å². The fourth-order valence-corrected chi connectivity index (χ4v) is 5.61. The molecule has 2 unspecified atom stereocenters. The van der Waals surface area contributed by atoms with Gasteiger partial charge in [0.2, 0.25) is 0 Å². The van der Waals surface area contributed by atoms with E-state index in [1.54, 1.807) is 12.1 Å². The fourth-order valence-electron chi connectivity index (χ4n) is 5.61. The molecule has 1 saturated heterocycles. The summed E-state index contributed by atoms with van der Waals surface area (Å²) in [5.41, 5.74) is 2.65. The minimum Gasteiger partial charge on any atom is -0.406 e. The standard InChI is InChI=1S/C24H27F3N2O2/c25-24(26,27)31-19-7-3-4-16(8-19)11-28-12-20-21-13-29(14-22(20)21)15-23(30)9-17-5-1-2-6-18(17)10-23/h1-8,20-22,28,30H,9-15H2. The summed E-state index contributed by atoms with van der Waals surface area (Å²) < 4.78 is 41.1. The van der Waals surface area contributed by atoms with Crippen molar-refractivity contribution < 1.29 is 23.0 Å². The molecule has 0 spiro atoms. The highest BCUT2D eigenvalue weighted by molar-refractivity contribution is 5.35. The third kappa shape index (κ3) is 4.73. The summed E-state index contributed by atoms with van der Waals surface area (Å²) in [5.74, 6) is 1.73. The Balaban J connectivity index is 1.05. The van der Waals surface area contributed by atoms with E-state index in [0.717, 1.165) is 44.6 Å². The Bertz CT molecular complexity index is 911. The second kappa shape index (κ2) is 7.80. The van der Waals surface area contributed by atoms with Crippen molar-refractivity contribution >= 4 is 0 Å². The van der Waals surface area contributed by atoms with Crippen molar-refractivity contribution in [3.8, 4) is 5.75 Å². The van der Waals surface area contributed by atoms with Gasteiger partial charge < -0.3 is 15.2 Å². The molecule has 2 aromatic carbocycles. The molecule has 1 aliphatic heterocycles. The predicted molar refractivity (Wildman–Crippen MR) is 111 cm³/mol. The van der Waals surface area contributed by atoms with Crippen molar-refractivity contribution in [2.24, 2.45) is 17.8 Å². The Morgan fingerprint density at radius 3 is 2.35 bits per heavy atom. The van der Waals surface area contributed by atoms with Gasteiger partial charge in [-0.1, -0.05) is 36.4 Å². The number of hydrogen-bond acceptors (Lipinski definition) is 4. The quantitative estimate of drug-likeness (QED) is 0.704. The van der Waals surface area contributed by atoms with Crippen LogP contribution in [0.2, 0.25) is 0 Å². The molecule has 5 rings (SSSR count). The highest BCUT2D eigenvalue weighted by atomic mass is 19.4. The molecule has 0 bridgehead atoms. The minimum absolute atomic E-state index is 0.183. The number of likely N-dealkylation sites (tertiary alicyclic amines) is 1. The first-order valence-corrected chi connectivity index (χ1v) is 10.8. The average Bonchev–Trinajstić information content (AvgIpc) is 3.01. The first-order chi connectivity index (χ1) is 14.8. The lowest BCUT2D eigenvalue weighted by Crippen LogP contribution is -2.44. The van der Waals surface area contributed by atoms with Crippen molar-refractivity contribution in [1.82, 2.24) is 10.2 Å². The topological polar surface area (TPSA) is 44.7 Å². The summed E-state index contributed by atoms with van der Waals surface area (Å²) in [5, 5.41) is 14.5. The number of hydrogen-bond donors (Lipinski definition) is 2. The molecule has 2 aliphatic carbocycles. The first kappa shape index (κ1) is 20.8. The summed E-state index contributed by atoms with van der Waals surface area (Å²) >= 11 is 0. The Morgan fingerprint density at radius 2 is 1.71 bits per heavy atom. The van der Waals surface area contributed by atoms with E-state index in [4.69, 9.17) is 0 Å². The van der Waals surface area contributed by atoms with Crippen molar-refractivity contribution in [2.75, 3.05) is 26.2 Å². The van der Waals surface area contributed by atoms with Crippen LogP contribution in [0.25, 0.3) is 0 Å². The Morgan fingerprint density at radius 1 is 1.03 bits per heavy atom. The van der Waals surface area contributed by atoms with E-state index in [2.05, 4.69) is 27.1 Å². The molecule has 4 nitrogen and oxygen atoms in total. The van der Waals surface area contributed by atoms with Gasteiger partial charge in [0.25, 0.3) is 0 Å². The van der Waals surface area contributed by atoms with Crippen LogP contribution >= 0.6 is 0 Å². The molecule has 0 amide bonds. The Hall–Kier alpha value is -2.09. The van der Waals surface area contributed by atoms with E-state index < -0.39 is 12.0 Å². The average molecular weight is 432 g/mol. The minimum atomic E-state index is -4.67. The van der Waals surface area contributed by atoms with Gasteiger partial charge in [-0.15, -0.1) is 13.2 Å². The maximum atomic E-state index is 12.4. The van der Waals surface area contributed by atoms with Gasteiger partial charge in [0.05, 0.1) is 5.60 Å². The van der Waals surface area contributed by atoms with E-state index in [9.17, 15) is 18.3 Å². The number of nitrogens with zero attached hydrogens (tertiary/aromatic N) is 1. The number of nitrogens with one attached hydrogen (secondary N) is 1. The lowest BCUT2D eigenvalue weighted by Gasteiger charge is -2.30. The molecule has 2 N–H and O–H groups in total. The van der Waals surface area contributed by atoms with E-state index in [-0.39, 0.29) is 5.75 Å². The normalized spacial score (nSPS) is 26.5. The monoisotopic (exact) mass is 432 g/mol. The van der Waals surface area contributed by atoms with E-state index >= 15 is 0 Å². The number of fused-ring (bicyclic) bond motifs is 2. The van der Waals surface area contributed by atoms with Crippen LogP contribution in [0.5, 0.6) is 5.75 Å². The van der Waals surface area contributed by atoms with Crippen LogP contribution in [0, 0.1) is 17.8 Å². The molecule has 1 saturated carbocycles. The van der Waals surface area contributed by atoms with Gasteiger partial charge in [0, 0.05) is 39.0 Å². The largest absolute Gasteiger partial charge is 0.573 e. The van der Waals surface area contributed by atoms with Gasteiger partial charge >= 0.3 is 6.36 Å². The number of halogens is 3. The maximum absolute atomic E-state index is 12.4. The number of aliphatic hydroxyl groups is 1. The SMILES string of the molecule is OC1(CN2CC3C(CNCc4cccc(OC(F)(F)F)c4)C3C2)Cc2ccccc2C1. The number of β-amino-alcohol motifs (C(OH)–C–C–N with tert-alkyl or cyclic N) is 1. The van der Waals surface area contributed by atoms with Gasteiger partial charge in [-0.2, -0.15) is 0 Å². The van der Waals surface area contributed by atoms with Crippen LogP contribution in [0.1, 0.15) is 16.7 Å². The zero-order valence-corrected chi connectivity index (χ0v) is 17.2. The number of benzene rings is 2. The van der Waals surface area contributed by atoms with Gasteiger partial charge in [-0.3, -0.25) is 4.90 Å². The summed E-state index contributed by atoms with van der Waals surface area (Å²) in [7, 11) is 0. The third-order valence-corrected chi connectivity index (χ3v) is 6.96. The van der Waals surface area contributed by atoms with Gasteiger partial charge in [0.15, 0.2) is 0 Å². The van der Waals surface area contributed by atoms with Crippen LogP contribution in [0.15, 0.2) is 48.5 Å². The molecular weight excluding hydrogens is 405 g/mol. The fraction of sp³-hybridized carbons (Fsp3) is 0.500. The predicted octanol–water partition coefficient (Wildman–Crippen LogP) is 3.38. The molecule has 3 aliphatic rings. The summed E-state index contributed by atoms with van der Waals surface area (Å²) in [6.07, 6.45) is -3.20. The molecule has 166 valence electrons.